The average Bonchev–Trinajstić information content (AvgIpc) is 2.74. The first kappa shape index (κ1) is 20.8. The zero-order valence-corrected chi connectivity index (χ0v) is 17.9. The Morgan fingerprint density at radius 1 is 1.07 bits per heavy atom. The molecule has 0 atom stereocenters. The zero-order valence-electron chi connectivity index (χ0n) is 16.3. The van der Waals surface area contributed by atoms with Crippen LogP contribution < -0.4 is 11.1 Å². The second-order valence-electron chi connectivity index (χ2n) is 7.47. The van der Waals surface area contributed by atoms with E-state index < -0.39 is 11.1 Å². The van der Waals surface area contributed by atoms with Crippen molar-refractivity contribution in [3.8, 4) is 0 Å². The minimum absolute atomic E-state index is 0.0256. The van der Waals surface area contributed by atoms with Gasteiger partial charge in [-0.15, -0.1) is 0 Å². The maximum absolute atomic E-state index is 12.7. The number of Topliss-reactive ketones (excluding diaryl/α,β-unsaturated/α-hetero) is 1. The fourth-order valence-electron chi connectivity index (χ4n) is 3.91. The number of benzene rings is 1. The van der Waals surface area contributed by atoms with E-state index in [-0.39, 0.29) is 11.8 Å². The number of aryl methyl sites for hydroxylation is 1. The van der Waals surface area contributed by atoms with Crippen molar-refractivity contribution in [2.75, 3.05) is 19.6 Å². The van der Waals surface area contributed by atoms with E-state index in [1.807, 2.05) is 0 Å². The molecule has 0 spiro atoms. The Balaban J connectivity index is 1.54. The van der Waals surface area contributed by atoms with Gasteiger partial charge < -0.3 is 4.57 Å². The van der Waals surface area contributed by atoms with Gasteiger partial charge in [-0.3, -0.25) is 23.9 Å². The molecule has 0 saturated carbocycles. The van der Waals surface area contributed by atoms with Crippen molar-refractivity contribution >= 4 is 40.1 Å². The number of aromatic nitrogens is 3. The molecule has 30 heavy (non-hydrogen) atoms. The third-order valence-electron chi connectivity index (χ3n) is 5.57. The molecule has 1 aliphatic heterocycles. The van der Waals surface area contributed by atoms with E-state index in [9.17, 15) is 14.4 Å². The summed E-state index contributed by atoms with van der Waals surface area (Å²) >= 11 is 11.9. The van der Waals surface area contributed by atoms with Crippen LogP contribution in [0.15, 0.2) is 46.1 Å². The smallest absolute Gasteiger partial charge is 0.304 e. The number of hydrogen-bond acceptors (Lipinski definition) is 5. The number of rotatable bonds is 4. The molecule has 2 aromatic heterocycles. The fourth-order valence-corrected chi connectivity index (χ4v) is 4.19. The van der Waals surface area contributed by atoms with Crippen molar-refractivity contribution in [3.05, 3.63) is 72.8 Å². The minimum atomic E-state index is -0.605. The van der Waals surface area contributed by atoms with E-state index in [0.717, 1.165) is 0 Å². The molecule has 0 amide bonds. The van der Waals surface area contributed by atoms with Gasteiger partial charge in [-0.1, -0.05) is 23.2 Å². The standard InChI is InChI=1S/C21H20Cl2N4O3/c1-25-17-10-15(23)11-24-19(17)27(21(30)20(25)29)16-6-8-26(9-7-16)12-18(28)13-2-4-14(22)5-3-13/h2-5,10-11,16H,6-9,12H2,1H3. The van der Waals surface area contributed by atoms with Gasteiger partial charge >= 0.3 is 11.1 Å². The van der Waals surface area contributed by atoms with Gasteiger partial charge in [0.05, 0.1) is 17.1 Å². The Bertz CT molecular complexity index is 1230. The van der Waals surface area contributed by atoms with Gasteiger partial charge in [0.2, 0.25) is 0 Å². The van der Waals surface area contributed by atoms with Crippen LogP contribution in [-0.2, 0) is 7.05 Å². The van der Waals surface area contributed by atoms with Gasteiger partial charge in [-0.25, -0.2) is 4.98 Å². The van der Waals surface area contributed by atoms with E-state index in [2.05, 4.69) is 9.88 Å². The van der Waals surface area contributed by atoms with Crippen LogP contribution in [-0.4, -0.2) is 44.4 Å². The van der Waals surface area contributed by atoms with Crippen molar-refractivity contribution < 1.29 is 4.79 Å². The maximum Gasteiger partial charge on any atom is 0.318 e. The molecule has 1 saturated heterocycles. The Labute approximate surface area is 182 Å². The molecule has 4 rings (SSSR count). The molecule has 0 bridgehead atoms. The molecule has 7 nitrogen and oxygen atoms in total. The predicted octanol–water partition coefficient (Wildman–Crippen LogP) is 2.92. The summed E-state index contributed by atoms with van der Waals surface area (Å²) in [4.78, 5) is 44.1. The number of carbonyl (C=O) groups excluding carboxylic acids is 1. The van der Waals surface area contributed by atoms with Crippen molar-refractivity contribution in [3.63, 3.8) is 0 Å². The summed E-state index contributed by atoms with van der Waals surface area (Å²) in [5.41, 5.74) is 0.397. The van der Waals surface area contributed by atoms with E-state index in [4.69, 9.17) is 23.2 Å². The van der Waals surface area contributed by atoms with Gasteiger partial charge in [0.15, 0.2) is 11.4 Å². The molecular formula is C21H20Cl2N4O3. The third-order valence-corrected chi connectivity index (χ3v) is 6.02. The van der Waals surface area contributed by atoms with Crippen molar-refractivity contribution in [1.82, 2.24) is 19.0 Å². The molecule has 1 aliphatic rings. The molecule has 1 fully saturated rings. The first-order valence-electron chi connectivity index (χ1n) is 9.63. The van der Waals surface area contributed by atoms with Crippen LogP contribution in [0.5, 0.6) is 0 Å². The number of fused-ring (bicyclic) bond motifs is 1. The van der Waals surface area contributed by atoms with Crippen LogP contribution in [0.4, 0.5) is 0 Å². The fraction of sp³-hybridized carbons (Fsp3) is 0.333. The van der Waals surface area contributed by atoms with Crippen LogP contribution in [0.2, 0.25) is 10.0 Å². The van der Waals surface area contributed by atoms with Crippen LogP contribution in [0, 0.1) is 0 Å². The zero-order chi connectivity index (χ0) is 21.4. The minimum Gasteiger partial charge on any atom is -0.304 e. The SMILES string of the molecule is Cn1c(=O)c(=O)n(C2CCN(CC(=O)c3ccc(Cl)cc3)CC2)c2ncc(Cl)cc21. The van der Waals surface area contributed by atoms with E-state index >= 15 is 0 Å². The van der Waals surface area contributed by atoms with Crippen LogP contribution >= 0.6 is 23.2 Å². The largest absolute Gasteiger partial charge is 0.318 e. The van der Waals surface area contributed by atoms with Gasteiger partial charge in [-0.05, 0) is 43.2 Å². The van der Waals surface area contributed by atoms with Crippen LogP contribution in [0.1, 0.15) is 29.2 Å². The number of likely N-dealkylation sites (tertiary alicyclic amines) is 1. The lowest BCUT2D eigenvalue weighted by molar-refractivity contribution is 0.0898. The number of pyridine rings is 1. The Morgan fingerprint density at radius 3 is 2.40 bits per heavy atom. The second-order valence-corrected chi connectivity index (χ2v) is 8.35. The van der Waals surface area contributed by atoms with Gasteiger partial charge in [-0.2, -0.15) is 0 Å². The van der Waals surface area contributed by atoms with Crippen molar-refractivity contribution in [2.45, 2.75) is 18.9 Å². The summed E-state index contributed by atoms with van der Waals surface area (Å²) in [7, 11) is 1.54. The molecule has 3 heterocycles. The van der Waals surface area contributed by atoms with Crippen molar-refractivity contribution in [2.24, 2.45) is 7.05 Å². The molecule has 1 aromatic carbocycles. The highest BCUT2D eigenvalue weighted by atomic mass is 35.5. The summed E-state index contributed by atoms with van der Waals surface area (Å²) in [6.45, 7) is 1.58. The lowest BCUT2D eigenvalue weighted by Crippen LogP contribution is -2.45. The normalized spacial score (nSPS) is 15.6. The number of nitrogens with zero attached hydrogens (tertiary/aromatic N) is 4. The number of halogens is 2. The third kappa shape index (κ3) is 3.93. The summed E-state index contributed by atoms with van der Waals surface area (Å²) in [6, 6.07) is 8.33. The molecule has 0 radical (unpaired) electrons. The van der Waals surface area contributed by atoms with Gasteiger partial charge in [0.1, 0.15) is 0 Å². The molecule has 0 unspecified atom stereocenters. The molecule has 0 aliphatic carbocycles. The highest BCUT2D eigenvalue weighted by molar-refractivity contribution is 6.31. The van der Waals surface area contributed by atoms with E-state index in [1.54, 1.807) is 37.4 Å². The highest BCUT2D eigenvalue weighted by Crippen LogP contribution is 2.25. The number of ketones is 1. The second kappa shape index (κ2) is 8.34. The average molecular weight is 447 g/mol. The number of carbonyl (C=O) groups is 1. The van der Waals surface area contributed by atoms with Gasteiger partial charge in [0.25, 0.3) is 0 Å². The Hall–Kier alpha value is -2.48. The first-order valence-corrected chi connectivity index (χ1v) is 10.4. The summed E-state index contributed by atoms with van der Waals surface area (Å²) in [6.07, 6.45) is 2.75. The number of piperidine rings is 1. The molecule has 9 heteroatoms. The predicted molar refractivity (Wildman–Crippen MR) is 117 cm³/mol. The summed E-state index contributed by atoms with van der Waals surface area (Å²) in [5, 5.41) is 0.993. The summed E-state index contributed by atoms with van der Waals surface area (Å²) in [5.74, 6) is 0.0256. The first-order chi connectivity index (χ1) is 14.3. The van der Waals surface area contributed by atoms with E-state index in [1.165, 1.54) is 15.3 Å². The molecule has 3 aromatic rings. The van der Waals surface area contributed by atoms with Gasteiger partial charge in [0, 0.05) is 43.0 Å². The van der Waals surface area contributed by atoms with Crippen molar-refractivity contribution in [1.29, 1.82) is 0 Å². The van der Waals surface area contributed by atoms with E-state index in [0.29, 0.717) is 59.2 Å². The Morgan fingerprint density at radius 2 is 1.73 bits per heavy atom. The lowest BCUT2D eigenvalue weighted by Gasteiger charge is -2.32. The van der Waals surface area contributed by atoms with Crippen LogP contribution in [0.25, 0.3) is 11.2 Å². The lowest BCUT2D eigenvalue weighted by atomic mass is 10.0. The Kier molecular flexibility index (Phi) is 5.77. The molecule has 156 valence electrons. The maximum atomic E-state index is 12.7. The molecular weight excluding hydrogens is 427 g/mol. The van der Waals surface area contributed by atoms with Crippen LogP contribution in [0.3, 0.4) is 0 Å². The quantitative estimate of drug-likeness (QED) is 0.454. The topological polar surface area (TPSA) is 77.2 Å². The molecule has 0 N–H and O–H groups in total. The monoisotopic (exact) mass is 446 g/mol. The number of hydrogen-bond donors (Lipinski definition) is 0. The summed E-state index contributed by atoms with van der Waals surface area (Å²) < 4.78 is 2.78. The highest BCUT2D eigenvalue weighted by Gasteiger charge is 2.26.